The normalized spacial score (nSPS) is 23.2. The van der Waals surface area contributed by atoms with Crippen molar-refractivity contribution in [3.63, 3.8) is 0 Å². The van der Waals surface area contributed by atoms with Gasteiger partial charge in [-0.05, 0) is 25.3 Å². The Kier molecular flexibility index (Phi) is 6.39. The minimum absolute atomic E-state index is 0.155. The van der Waals surface area contributed by atoms with E-state index >= 15 is 0 Å². The van der Waals surface area contributed by atoms with Gasteiger partial charge in [-0.2, -0.15) is 0 Å². The summed E-state index contributed by atoms with van der Waals surface area (Å²) in [4.78, 5) is 11.7. The number of carbonyl (C=O) groups is 1. The number of rotatable bonds is 7. The lowest BCUT2D eigenvalue weighted by molar-refractivity contribution is 0.125. The van der Waals surface area contributed by atoms with Crippen LogP contribution in [0.5, 0.6) is 0 Å². The molecule has 1 aromatic carbocycles. The molecule has 5 nitrogen and oxygen atoms in total. The Hall–Kier alpha value is -1.40. The van der Waals surface area contributed by atoms with Crippen LogP contribution < -0.4 is 10.6 Å². The van der Waals surface area contributed by atoms with Crippen molar-refractivity contribution < 1.29 is 13.7 Å². The molecular weight excluding hydrogens is 300 g/mol. The van der Waals surface area contributed by atoms with Gasteiger partial charge in [0.05, 0.1) is 0 Å². The summed E-state index contributed by atoms with van der Waals surface area (Å²) in [5.74, 6) is 0. The van der Waals surface area contributed by atoms with Gasteiger partial charge in [-0.1, -0.05) is 30.3 Å². The SMILES string of the molecule is CC(CNC1CC(NC(=O)OCc2ccccc2)C1)S(C)=O. The molecule has 122 valence electrons. The molecular formula is C16H24N2O3S. The van der Waals surface area contributed by atoms with E-state index in [9.17, 15) is 9.00 Å². The average Bonchev–Trinajstić information content (AvgIpc) is 2.47. The third-order valence-corrected chi connectivity index (χ3v) is 5.23. The Bertz CT molecular complexity index is 503. The van der Waals surface area contributed by atoms with Crippen LogP contribution in [-0.4, -0.2) is 40.4 Å². The Balaban J connectivity index is 1.57. The molecule has 2 rings (SSSR count). The molecule has 0 heterocycles. The van der Waals surface area contributed by atoms with Crippen molar-refractivity contribution in [2.24, 2.45) is 0 Å². The highest BCUT2D eigenvalue weighted by Gasteiger charge is 2.30. The maximum Gasteiger partial charge on any atom is 0.407 e. The van der Waals surface area contributed by atoms with Crippen molar-refractivity contribution in [3.05, 3.63) is 35.9 Å². The summed E-state index contributed by atoms with van der Waals surface area (Å²) in [6.45, 7) is 3.01. The Morgan fingerprint density at radius 1 is 1.32 bits per heavy atom. The van der Waals surface area contributed by atoms with Crippen LogP contribution >= 0.6 is 0 Å². The number of nitrogens with one attached hydrogen (secondary N) is 2. The number of carbonyl (C=O) groups excluding carboxylic acids is 1. The molecule has 1 fully saturated rings. The molecule has 2 unspecified atom stereocenters. The van der Waals surface area contributed by atoms with Gasteiger partial charge in [0.15, 0.2) is 0 Å². The van der Waals surface area contributed by atoms with Crippen molar-refractivity contribution >= 4 is 16.9 Å². The summed E-state index contributed by atoms with van der Waals surface area (Å²) in [5.41, 5.74) is 0.979. The van der Waals surface area contributed by atoms with Crippen molar-refractivity contribution in [3.8, 4) is 0 Å². The van der Waals surface area contributed by atoms with E-state index in [-0.39, 0.29) is 17.4 Å². The highest BCUT2D eigenvalue weighted by atomic mass is 32.2. The van der Waals surface area contributed by atoms with E-state index in [1.807, 2.05) is 37.3 Å². The first-order valence-corrected chi connectivity index (χ1v) is 9.19. The molecule has 0 saturated heterocycles. The molecule has 22 heavy (non-hydrogen) atoms. The number of benzene rings is 1. The Morgan fingerprint density at radius 3 is 2.64 bits per heavy atom. The van der Waals surface area contributed by atoms with Gasteiger partial charge in [0.2, 0.25) is 0 Å². The van der Waals surface area contributed by atoms with Crippen molar-refractivity contribution in [2.75, 3.05) is 12.8 Å². The van der Waals surface area contributed by atoms with Gasteiger partial charge in [0, 0.05) is 40.9 Å². The quantitative estimate of drug-likeness (QED) is 0.802. The predicted molar refractivity (Wildman–Crippen MR) is 88.1 cm³/mol. The van der Waals surface area contributed by atoms with Crippen LogP contribution in [-0.2, 0) is 22.1 Å². The lowest BCUT2D eigenvalue weighted by atomic mass is 9.87. The van der Waals surface area contributed by atoms with Crippen molar-refractivity contribution in [1.29, 1.82) is 0 Å². The summed E-state index contributed by atoms with van der Waals surface area (Å²) in [5, 5.41) is 6.40. The van der Waals surface area contributed by atoms with Crippen LogP contribution in [0.1, 0.15) is 25.3 Å². The topological polar surface area (TPSA) is 67.4 Å². The van der Waals surface area contributed by atoms with E-state index in [1.54, 1.807) is 6.26 Å². The number of alkyl carbamates (subject to hydrolysis) is 1. The molecule has 0 radical (unpaired) electrons. The first kappa shape index (κ1) is 17.0. The molecule has 6 heteroatoms. The molecule has 0 aromatic heterocycles. The van der Waals surface area contributed by atoms with Gasteiger partial charge in [0.1, 0.15) is 6.61 Å². The van der Waals surface area contributed by atoms with Crippen LogP contribution in [0.2, 0.25) is 0 Å². The summed E-state index contributed by atoms with van der Waals surface area (Å²) in [7, 11) is -0.796. The zero-order chi connectivity index (χ0) is 15.9. The maximum absolute atomic E-state index is 11.7. The van der Waals surface area contributed by atoms with E-state index in [0.29, 0.717) is 12.6 Å². The van der Waals surface area contributed by atoms with Crippen molar-refractivity contribution in [1.82, 2.24) is 10.6 Å². The molecule has 1 amide bonds. The molecule has 1 saturated carbocycles. The molecule has 1 aromatic rings. The van der Waals surface area contributed by atoms with Crippen LogP contribution in [0.4, 0.5) is 4.79 Å². The van der Waals surface area contributed by atoms with E-state index < -0.39 is 10.8 Å². The molecule has 0 aliphatic heterocycles. The monoisotopic (exact) mass is 324 g/mol. The lowest BCUT2D eigenvalue weighted by Crippen LogP contribution is -2.53. The van der Waals surface area contributed by atoms with Crippen molar-refractivity contribution in [2.45, 2.75) is 43.7 Å². The fraction of sp³-hybridized carbons (Fsp3) is 0.562. The van der Waals surface area contributed by atoms with Crippen LogP contribution in [0, 0.1) is 0 Å². The van der Waals surface area contributed by atoms with Gasteiger partial charge in [-0.15, -0.1) is 0 Å². The second-order valence-corrected chi connectivity index (χ2v) is 7.59. The van der Waals surface area contributed by atoms with Gasteiger partial charge in [-0.25, -0.2) is 4.79 Å². The summed E-state index contributed by atoms with van der Waals surface area (Å²) < 4.78 is 16.4. The van der Waals surface area contributed by atoms with E-state index in [2.05, 4.69) is 10.6 Å². The van der Waals surface area contributed by atoms with Gasteiger partial charge in [0.25, 0.3) is 0 Å². The Labute approximate surface area is 134 Å². The third kappa shape index (κ3) is 5.42. The number of ether oxygens (including phenoxy) is 1. The molecule has 2 N–H and O–H groups in total. The van der Waals surface area contributed by atoms with E-state index in [4.69, 9.17) is 4.74 Å². The summed E-state index contributed by atoms with van der Waals surface area (Å²) in [6, 6.07) is 10.2. The minimum atomic E-state index is -0.796. The molecule has 0 spiro atoms. The van der Waals surface area contributed by atoms with Gasteiger partial charge < -0.3 is 15.4 Å². The molecule has 1 aliphatic carbocycles. The molecule has 2 atom stereocenters. The average molecular weight is 324 g/mol. The maximum atomic E-state index is 11.7. The lowest BCUT2D eigenvalue weighted by Gasteiger charge is -2.36. The summed E-state index contributed by atoms with van der Waals surface area (Å²) >= 11 is 0. The first-order valence-electron chi connectivity index (χ1n) is 7.57. The fourth-order valence-corrected chi connectivity index (χ4v) is 2.61. The van der Waals surface area contributed by atoms with Crippen LogP contribution in [0.15, 0.2) is 30.3 Å². The number of hydrogen-bond donors (Lipinski definition) is 2. The largest absolute Gasteiger partial charge is 0.445 e. The van der Waals surface area contributed by atoms with Crippen LogP contribution in [0.3, 0.4) is 0 Å². The zero-order valence-corrected chi connectivity index (χ0v) is 13.9. The first-order chi connectivity index (χ1) is 10.5. The minimum Gasteiger partial charge on any atom is -0.445 e. The molecule has 0 bridgehead atoms. The molecule has 1 aliphatic rings. The predicted octanol–water partition coefficient (Wildman–Crippen LogP) is 1.80. The van der Waals surface area contributed by atoms with Gasteiger partial charge >= 0.3 is 6.09 Å². The number of hydrogen-bond acceptors (Lipinski definition) is 4. The zero-order valence-electron chi connectivity index (χ0n) is 13.1. The van der Waals surface area contributed by atoms with E-state index in [1.165, 1.54) is 0 Å². The van der Waals surface area contributed by atoms with Gasteiger partial charge in [-0.3, -0.25) is 4.21 Å². The highest BCUT2D eigenvalue weighted by molar-refractivity contribution is 7.84. The second-order valence-electron chi connectivity index (χ2n) is 5.79. The highest BCUT2D eigenvalue weighted by Crippen LogP contribution is 2.20. The standard InChI is InChI=1S/C16H24N2O3S/c1-12(22(2)20)10-17-14-8-15(9-14)18-16(19)21-11-13-6-4-3-5-7-13/h3-7,12,14-15,17H,8-11H2,1-2H3,(H,18,19). The van der Waals surface area contributed by atoms with E-state index in [0.717, 1.165) is 24.9 Å². The smallest absolute Gasteiger partial charge is 0.407 e. The summed E-state index contributed by atoms with van der Waals surface area (Å²) in [6.07, 6.45) is 3.14. The second kappa shape index (κ2) is 8.29. The van der Waals surface area contributed by atoms with Crippen LogP contribution in [0.25, 0.3) is 0 Å². The fourth-order valence-electron chi connectivity index (χ4n) is 2.28. The Morgan fingerprint density at radius 2 is 2.00 bits per heavy atom. The third-order valence-electron chi connectivity index (χ3n) is 3.93. The number of amides is 1.